The lowest BCUT2D eigenvalue weighted by Crippen LogP contribution is -2.29. The van der Waals surface area contributed by atoms with Gasteiger partial charge in [-0.3, -0.25) is 24.5 Å². The molecule has 0 saturated heterocycles. The van der Waals surface area contributed by atoms with Crippen LogP contribution in [0.15, 0.2) is 66.7 Å². The molecule has 0 unspecified atom stereocenters. The molecule has 10 nitrogen and oxygen atoms in total. The van der Waals surface area contributed by atoms with Crippen LogP contribution in [0.5, 0.6) is 5.75 Å². The quantitative estimate of drug-likeness (QED) is 0.172. The number of nitro groups is 1. The number of amides is 2. The van der Waals surface area contributed by atoms with Gasteiger partial charge >= 0.3 is 11.7 Å². The topological polar surface area (TPSA) is 133 Å². The summed E-state index contributed by atoms with van der Waals surface area (Å²) in [7, 11) is 1.27. The third-order valence-electron chi connectivity index (χ3n) is 5.17. The molecule has 1 aliphatic rings. The van der Waals surface area contributed by atoms with Crippen molar-refractivity contribution in [2.24, 2.45) is 0 Å². The minimum Gasteiger partial charge on any atom is -0.490 e. The zero-order chi connectivity index (χ0) is 24.4. The highest BCUT2D eigenvalue weighted by Crippen LogP contribution is 2.29. The third-order valence-corrected chi connectivity index (χ3v) is 5.17. The fraction of sp³-hybridized carbons (Fsp3) is 0.0833. The van der Waals surface area contributed by atoms with Crippen molar-refractivity contribution in [3.63, 3.8) is 0 Å². The van der Waals surface area contributed by atoms with Gasteiger partial charge in [0.1, 0.15) is 0 Å². The van der Waals surface area contributed by atoms with Crippen LogP contribution in [0.4, 0.5) is 11.4 Å². The third kappa shape index (κ3) is 3.99. The van der Waals surface area contributed by atoms with Crippen molar-refractivity contribution in [2.45, 2.75) is 0 Å². The van der Waals surface area contributed by atoms with Gasteiger partial charge in [-0.25, -0.2) is 9.69 Å². The Hall–Kier alpha value is -4.86. The highest BCUT2D eigenvalue weighted by molar-refractivity contribution is 6.34. The van der Waals surface area contributed by atoms with E-state index in [0.717, 1.165) is 11.0 Å². The number of hydrogen-bond acceptors (Lipinski definition) is 8. The Morgan fingerprint density at radius 3 is 2.21 bits per heavy atom. The lowest BCUT2D eigenvalue weighted by Gasteiger charge is -2.14. The molecule has 1 heterocycles. The summed E-state index contributed by atoms with van der Waals surface area (Å²) < 4.78 is 9.95. The van der Waals surface area contributed by atoms with Gasteiger partial charge in [0, 0.05) is 11.6 Å². The Morgan fingerprint density at radius 2 is 1.59 bits per heavy atom. The van der Waals surface area contributed by atoms with E-state index >= 15 is 0 Å². The van der Waals surface area contributed by atoms with Gasteiger partial charge in [0.15, 0.2) is 12.4 Å². The predicted molar refractivity (Wildman–Crippen MR) is 118 cm³/mol. The number of esters is 1. The second-order valence-electron chi connectivity index (χ2n) is 7.18. The van der Waals surface area contributed by atoms with Crippen molar-refractivity contribution in [3.8, 4) is 5.75 Å². The Morgan fingerprint density at radius 1 is 0.912 bits per heavy atom. The molecule has 0 aliphatic carbocycles. The summed E-state index contributed by atoms with van der Waals surface area (Å²) >= 11 is 0. The summed E-state index contributed by atoms with van der Waals surface area (Å²) in [6, 6.07) is 15.7. The normalized spacial score (nSPS) is 12.3. The number of rotatable bonds is 7. The number of Topliss-reactive ketones (excluding diaryl/α,β-unsaturated/α-hetero) is 1. The molecule has 170 valence electrons. The largest absolute Gasteiger partial charge is 0.490 e. The van der Waals surface area contributed by atoms with Gasteiger partial charge in [0.25, 0.3) is 11.8 Å². The molecule has 0 aromatic heterocycles. The molecule has 0 saturated carbocycles. The molecule has 1 aliphatic heterocycles. The summed E-state index contributed by atoms with van der Waals surface area (Å²) in [5, 5.41) is 11.1. The van der Waals surface area contributed by atoms with Gasteiger partial charge < -0.3 is 9.47 Å². The average Bonchev–Trinajstić information content (AvgIpc) is 3.11. The first-order chi connectivity index (χ1) is 16.3. The molecule has 0 spiro atoms. The molecular formula is C24H16N2O8. The summed E-state index contributed by atoms with van der Waals surface area (Å²) in [6.07, 6.45) is 0. The maximum Gasteiger partial charge on any atom is 0.338 e. The van der Waals surface area contributed by atoms with Crippen molar-refractivity contribution < 1.29 is 33.6 Å². The Bertz CT molecular complexity index is 1330. The lowest BCUT2D eigenvalue weighted by molar-refractivity contribution is -0.385. The molecule has 10 heteroatoms. The number of benzene rings is 3. The van der Waals surface area contributed by atoms with E-state index in [1.807, 2.05) is 0 Å². The fourth-order valence-corrected chi connectivity index (χ4v) is 3.50. The molecule has 3 aromatic carbocycles. The monoisotopic (exact) mass is 460 g/mol. The van der Waals surface area contributed by atoms with E-state index in [0.29, 0.717) is 0 Å². The van der Waals surface area contributed by atoms with E-state index in [2.05, 4.69) is 0 Å². The number of nitrogens with zero attached hydrogens (tertiary/aromatic N) is 2. The van der Waals surface area contributed by atoms with E-state index in [4.69, 9.17) is 9.47 Å². The molecule has 3 aromatic rings. The van der Waals surface area contributed by atoms with Crippen LogP contribution in [0.25, 0.3) is 0 Å². The Kier molecular flexibility index (Phi) is 5.88. The van der Waals surface area contributed by atoms with Crippen molar-refractivity contribution in [2.75, 3.05) is 18.6 Å². The lowest BCUT2D eigenvalue weighted by atomic mass is 10.1. The average molecular weight is 460 g/mol. The number of anilines is 1. The van der Waals surface area contributed by atoms with E-state index in [-0.39, 0.29) is 33.7 Å². The number of fused-ring (bicyclic) bond motifs is 1. The summed E-state index contributed by atoms with van der Waals surface area (Å²) in [5.74, 6) is -2.56. The molecule has 0 bridgehead atoms. The standard InChI is InChI=1S/C24H16N2O8/c1-33-21-10-9-14(12-19(21)26(31)32)20(27)13-34-24(30)15-5-4-6-16(11-15)25-22(28)17-7-2-3-8-18(17)23(25)29/h2-12H,13H2,1H3. The molecule has 2 amide bonds. The predicted octanol–water partition coefficient (Wildman–Crippen LogP) is 3.44. The number of imide groups is 1. The highest BCUT2D eigenvalue weighted by Gasteiger charge is 2.36. The van der Waals surface area contributed by atoms with Crippen molar-refractivity contribution >= 4 is 34.9 Å². The number of ether oxygens (including phenoxy) is 2. The van der Waals surface area contributed by atoms with Gasteiger partial charge in [-0.2, -0.15) is 0 Å². The number of ketones is 1. The minimum atomic E-state index is -0.866. The first-order valence-corrected chi connectivity index (χ1v) is 9.92. The Labute approximate surface area is 192 Å². The Balaban J connectivity index is 1.48. The molecule has 0 N–H and O–H groups in total. The van der Waals surface area contributed by atoms with Crippen LogP contribution in [0, 0.1) is 10.1 Å². The van der Waals surface area contributed by atoms with Gasteiger partial charge in [0.05, 0.1) is 34.4 Å². The number of nitro benzene ring substituents is 1. The van der Waals surface area contributed by atoms with Crippen LogP contribution < -0.4 is 9.64 Å². The minimum absolute atomic E-state index is 0.0106. The van der Waals surface area contributed by atoms with Crippen LogP contribution >= 0.6 is 0 Å². The SMILES string of the molecule is COc1ccc(C(=O)COC(=O)c2cccc(N3C(=O)c4ccccc4C3=O)c2)cc1[N+](=O)[O-]. The van der Waals surface area contributed by atoms with Gasteiger partial charge in [-0.15, -0.1) is 0 Å². The van der Waals surface area contributed by atoms with Crippen molar-refractivity contribution in [1.29, 1.82) is 0 Å². The van der Waals surface area contributed by atoms with Crippen molar-refractivity contribution in [1.82, 2.24) is 0 Å². The van der Waals surface area contributed by atoms with Gasteiger partial charge in [-0.05, 0) is 42.5 Å². The molecule has 34 heavy (non-hydrogen) atoms. The van der Waals surface area contributed by atoms with Crippen LogP contribution in [0.2, 0.25) is 0 Å². The van der Waals surface area contributed by atoms with Crippen LogP contribution in [-0.4, -0.2) is 42.2 Å². The first-order valence-electron chi connectivity index (χ1n) is 9.92. The second kappa shape index (κ2) is 8.94. The van der Waals surface area contributed by atoms with Crippen LogP contribution in [0.1, 0.15) is 41.4 Å². The number of hydrogen-bond donors (Lipinski definition) is 0. The number of methoxy groups -OCH3 is 1. The summed E-state index contributed by atoms with van der Waals surface area (Å²) in [6.45, 7) is -0.667. The van der Waals surface area contributed by atoms with E-state index in [1.54, 1.807) is 24.3 Å². The van der Waals surface area contributed by atoms with E-state index in [9.17, 15) is 29.3 Å². The van der Waals surface area contributed by atoms with Gasteiger partial charge in [0.2, 0.25) is 5.78 Å². The number of carbonyl (C=O) groups is 4. The zero-order valence-electron chi connectivity index (χ0n) is 17.7. The first kappa shape index (κ1) is 22.3. The number of carbonyl (C=O) groups excluding carboxylic acids is 4. The van der Waals surface area contributed by atoms with E-state index < -0.39 is 40.8 Å². The molecule has 0 radical (unpaired) electrons. The van der Waals surface area contributed by atoms with Crippen LogP contribution in [0.3, 0.4) is 0 Å². The highest BCUT2D eigenvalue weighted by atomic mass is 16.6. The summed E-state index contributed by atoms with van der Waals surface area (Å²) in [4.78, 5) is 61.7. The van der Waals surface area contributed by atoms with E-state index in [1.165, 1.54) is 43.5 Å². The smallest absolute Gasteiger partial charge is 0.338 e. The van der Waals surface area contributed by atoms with Crippen LogP contribution in [-0.2, 0) is 4.74 Å². The molecule has 0 fully saturated rings. The maximum absolute atomic E-state index is 12.7. The molecule has 4 rings (SSSR count). The van der Waals surface area contributed by atoms with Gasteiger partial charge in [-0.1, -0.05) is 18.2 Å². The molecule has 0 atom stereocenters. The zero-order valence-corrected chi connectivity index (χ0v) is 17.7. The maximum atomic E-state index is 12.7. The summed E-state index contributed by atoms with van der Waals surface area (Å²) in [5.41, 5.74) is 0.299. The van der Waals surface area contributed by atoms with Crippen molar-refractivity contribution in [3.05, 3.63) is 99.1 Å². The molecular weight excluding hydrogens is 444 g/mol. The second-order valence-corrected chi connectivity index (χ2v) is 7.18. The fourth-order valence-electron chi connectivity index (χ4n) is 3.50.